The zero-order chi connectivity index (χ0) is 20.1. The lowest BCUT2D eigenvalue weighted by Crippen LogP contribution is -2.33. The maximum atomic E-state index is 12.6. The van der Waals surface area contributed by atoms with Crippen molar-refractivity contribution in [2.24, 2.45) is 0 Å². The van der Waals surface area contributed by atoms with Crippen molar-refractivity contribution in [3.63, 3.8) is 0 Å². The van der Waals surface area contributed by atoms with Crippen molar-refractivity contribution in [1.29, 1.82) is 0 Å². The van der Waals surface area contributed by atoms with Crippen molar-refractivity contribution >= 4 is 34.5 Å². The molecule has 0 fully saturated rings. The van der Waals surface area contributed by atoms with E-state index in [4.69, 9.17) is 0 Å². The molecule has 0 saturated heterocycles. The summed E-state index contributed by atoms with van der Waals surface area (Å²) >= 11 is 3.05. The van der Waals surface area contributed by atoms with Crippen LogP contribution < -0.4 is 10.6 Å². The fourth-order valence-electron chi connectivity index (χ4n) is 3.72. The second-order valence-electron chi connectivity index (χ2n) is 7.23. The van der Waals surface area contributed by atoms with Gasteiger partial charge in [-0.1, -0.05) is 30.3 Å². The van der Waals surface area contributed by atoms with Crippen LogP contribution in [0.4, 0.5) is 0 Å². The van der Waals surface area contributed by atoms with Crippen LogP contribution in [-0.2, 0) is 17.6 Å². The molecule has 3 aromatic rings. The third-order valence-corrected chi connectivity index (χ3v) is 7.03. The summed E-state index contributed by atoms with van der Waals surface area (Å²) in [7, 11) is 0. The van der Waals surface area contributed by atoms with Gasteiger partial charge in [-0.05, 0) is 65.3 Å². The molecular formula is C23H24N2O2S2. The standard InChI is InChI=1S/C23H24N2O2S2/c26-21(11-12-24-23(27)20-8-4-14-29-20)25-22(19-7-3-13-28-19)18-10-9-16-5-1-2-6-17(16)15-18/h3-4,7-10,13-15,22H,1-2,5-6,11-12H2,(H,24,27)(H,25,26). The molecule has 2 N–H and O–H groups in total. The van der Waals surface area contributed by atoms with Gasteiger partial charge in [0.1, 0.15) is 0 Å². The lowest BCUT2D eigenvalue weighted by Gasteiger charge is -2.22. The number of hydrogen-bond acceptors (Lipinski definition) is 4. The van der Waals surface area contributed by atoms with Crippen molar-refractivity contribution in [3.8, 4) is 0 Å². The first-order chi connectivity index (χ1) is 14.2. The van der Waals surface area contributed by atoms with Gasteiger partial charge in [0.15, 0.2) is 0 Å². The highest BCUT2D eigenvalue weighted by Gasteiger charge is 2.20. The molecule has 1 atom stereocenters. The second kappa shape index (κ2) is 9.37. The van der Waals surface area contributed by atoms with Crippen molar-refractivity contribution < 1.29 is 9.59 Å². The van der Waals surface area contributed by atoms with Crippen molar-refractivity contribution in [1.82, 2.24) is 10.6 Å². The van der Waals surface area contributed by atoms with Crippen LogP contribution in [0.25, 0.3) is 0 Å². The first-order valence-electron chi connectivity index (χ1n) is 9.97. The minimum atomic E-state index is -0.150. The zero-order valence-electron chi connectivity index (χ0n) is 16.1. The van der Waals surface area contributed by atoms with E-state index in [1.807, 2.05) is 22.9 Å². The predicted octanol–water partition coefficient (Wildman–Crippen LogP) is 4.71. The quantitative estimate of drug-likeness (QED) is 0.577. The predicted molar refractivity (Wildman–Crippen MR) is 119 cm³/mol. The van der Waals surface area contributed by atoms with Gasteiger partial charge in [-0.3, -0.25) is 9.59 Å². The minimum Gasteiger partial charge on any atom is -0.351 e. The molecule has 4 rings (SSSR count). The van der Waals surface area contributed by atoms with Crippen LogP contribution in [0.1, 0.15) is 56.5 Å². The molecule has 0 aliphatic heterocycles. The Hall–Kier alpha value is -2.44. The molecule has 29 heavy (non-hydrogen) atoms. The summed E-state index contributed by atoms with van der Waals surface area (Å²) in [6.07, 6.45) is 5.01. The van der Waals surface area contributed by atoms with E-state index in [-0.39, 0.29) is 24.3 Å². The van der Waals surface area contributed by atoms with Gasteiger partial charge in [-0.2, -0.15) is 0 Å². The Morgan fingerprint density at radius 1 is 0.966 bits per heavy atom. The first-order valence-corrected chi connectivity index (χ1v) is 11.7. The van der Waals surface area contributed by atoms with Crippen LogP contribution >= 0.6 is 22.7 Å². The summed E-state index contributed by atoms with van der Waals surface area (Å²) in [4.78, 5) is 26.4. The lowest BCUT2D eigenvalue weighted by molar-refractivity contribution is -0.121. The molecule has 1 aliphatic carbocycles. The summed E-state index contributed by atoms with van der Waals surface area (Å²) in [5.41, 5.74) is 3.98. The molecule has 0 radical (unpaired) electrons. The molecule has 0 saturated carbocycles. The summed E-state index contributed by atoms with van der Waals surface area (Å²) in [6.45, 7) is 0.323. The number of thiophene rings is 2. The third-order valence-electron chi connectivity index (χ3n) is 5.22. The first kappa shape index (κ1) is 19.9. The fraction of sp³-hybridized carbons (Fsp3) is 0.304. The van der Waals surface area contributed by atoms with E-state index in [1.165, 1.54) is 35.3 Å². The minimum absolute atomic E-state index is 0.0624. The Morgan fingerprint density at radius 3 is 2.52 bits per heavy atom. The number of nitrogens with one attached hydrogen (secondary N) is 2. The van der Waals surface area contributed by atoms with Crippen molar-refractivity contribution in [3.05, 3.63) is 79.7 Å². The molecule has 2 amide bonds. The highest BCUT2D eigenvalue weighted by atomic mass is 32.1. The van der Waals surface area contributed by atoms with Gasteiger partial charge >= 0.3 is 0 Å². The average Bonchev–Trinajstić information content (AvgIpc) is 3.46. The molecule has 1 aromatic carbocycles. The van der Waals surface area contributed by atoms with E-state index in [1.54, 1.807) is 17.4 Å². The average molecular weight is 425 g/mol. The Morgan fingerprint density at radius 2 is 1.76 bits per heavy atom. The number of rotatable bonds is 7. The van der Waals surface area contributed by atoms with Crippen LogP contribution in [0.15, 0.2) is 53.2 Å². The molecular weight excluding hydrogens is 400 g/mol. The van der Waals surface area contributed by atoms with Crippen molar-refractivity contribution in [2.45, 2.75) is 38.1 Å². The van der Waals surface area contributed by atoms with Crippen molar-refractivity contribution in [2.75, 3.05) is 6.54 Å². The molecule has 6 heteroatoms. The number of carbonyl (C=O) groups is 2. The van der Waals surface area contributed by atoms with Crippen LogP contribution in [0.5, 0.6) is 0 Å². The van der Waals surface area contributed by atoms with E-state index in [0.29, 0.717) is 11.4 Å². The second-order valence-corrected chi connectivity index (χ2v) is 9.16. The van der Waals surface area contributed by atoms with E-state index in [2.05, 4.69) is 34.9 Å². The number of carbonyl (C=O) groups excluding carboxylic acids is 2. The molecule has 4 nitrogen and oxygen atoms in total. The summed E-state index contributed by atoms with van der Waals surface area (Å²) in [5, 5.41) is 9.89. The zero-order valence-corrected chi connectivity index (χ0v) is 17.8. The highest BCUT2D eigenvalue weighted by molar-refractivity contribution is 7.12. The number of amides is 2. The van der Waals surface area contributed by atoms with Crippen LogP contribution in [-0.4, -0.2) is 18.4 Å². The fourth-order valence-corrected chi connectivity index (χ4v) is 5.17. The molecule has 150 valence electrons. The van der Waals surface area contributed by atoms with Crippen LogP contribution in [0.3, 0.4) is 0 Å². The molecule has 1 unspecified atom stereocenters. The Labute approximate surface area is 179 Å². The topological polar surface area (TPSA) is 58.2 Å². The van der Waals surface area contributed by atoms with Gasteiger partial charge in [0, 0.05) is 17.8 Å². The number of benzene rings is 1. The van der Waals surface area contributed by atoms with E-state index in [9.17, 15) is 9.59 Å². The SMILES string of the molecule is O=C(CCNC(=O)c1cccs1)NC(c1ccc2c(c1)CCCC2)c1cccs1. The molecule has 0 spiro atoms. The number of aryl methyl sites for hydroxylation is 2. The van der Waals surface area contributed by atoms with Crippen LogP contribution in [0, 0.1) is 0 Å². The van der Waals surface area contributed by atoms with Gasteiger partial charge in [0.25, 0.3) is 5.91 Å². The lowest BCUT2D eigenvalue weighted by atomic mass is 9.89. The van der Waals surface area contributed by atoms with Crippen LogP contribution in [0.2, 0.25) is 0 Å². The highest BCUT2D eigenvalue weighted by Crippen LogP contribution is 2.30. The molecule has 2 aromatic heterocycles. The largest absolute Gasteiger partial charge is 0.351 e. The molecule has 1 aliphatic rings. The number of fused-ring (bicyclic) bond motifs is 1. The molecule has 0 bridgehead atoms. The maximum Gasteiger partial charge on any atom is 0.261 e. The van der Waals surface area contributed by atoms with Gasteiger partial charge in [-0.15, -0.1) is 22.7 Å². The Balaban J connectivity index is 1.41. The number of hydrogen-bond donors (Lipinski definition) is 2. The van der Waals surface area contributed by atoms with E-state index in [0.717, 1.165) is 23.3 Å². The van der Waals surface area contributed by atoms with Gasteiger partial charge in [0.05, 0.1) is 10.9 Å². The summed E-state index contributed by atoms with van der Waals surface area (Å²) < 4.78 is 0. The molecule has 2 heterocycles. The van der Waals surface area contributed by atoms with Gasteiger partial charge in [-0.25, -0.2) is 0 Å². The van der Waals surface area contributed by atoms with E-state index >= 15 is 0 Å². The summed E-state index contributed by atoms with van der Waals surface area (Å²) in [6, 6.07) is 14.2. The summed E-state index contributed by atoms with van der Waals surface area (Å²) in [5.74, 6) is -0.190. The Kier molecular flexibility index (Phi) is 6.42. The monoisotopic (exact) mass is 424 g/mol. The van der Waals surface area contributed by atoms with E-state index < -0.39 is 0 Å². The van der Waals surface area contributed by atoms with Gasteiger partial charge in [0.2, 0.25) is 5.91 Å². The van der Waals surface area contributed by atoms with Gasteiger partial charge < -0.3 is 10.6 Å². The Bertz CT molecular complexity index is 965. The smallest absolute Gasteiger partial charge is 0.261 e. The maximum absolute atomic E-state index is 12.6. The third kappa shape index (κ3) is 4.95. The normalized spacial score (nSPS) is 14.1.